The summed E-state index contributed by atoms with van der Waals surface area (Å²) in [5, 5.41) is 22.8. The molecule has 0 radical (unpaired) electrons. The van der Waals surface area contributed by atoms with E-state index in [1.165, 1.54) is 31.2 Å². The predicted molar refractivity (Wildman–Crippen MR) is 149 cm³/mol. The first-order valence-corrected chi connectivity index (χ1v) is 13.6. The molecule has 4 N–H and O–H groups in total. The molecule has 0 bridgehead atoms. The van der Waals surface area contributed by atoms with Gasteiger partial charge in [0.15, 0.2) is 0 Å². The van der Waals surface area contributed by atoms with Crippen molar-refractivity contribution in [2.45, 2.75) is 56.5 Å². The van der Waals surface area contributed by atoms with E-state index in [2.05, 4.69) is 44.5 Å². The number of H-pyrrole nitrogens is 1. The SMILES string of the molecule is O=C(O)C(F)(F)F.OC1(c2ccccc2)CCN(Cc2cccc(-c3c[nH]c4nc(NC5CCCC5)ncc34)c2)C1. The quantitative estimate of drug-likeness (QED) is 0.236. The minimum atomic E-state index is -5.08. The molecule has 1 saturated heterocycles. The first kappa shape index (κ1) is 28.6. The van der Waals surface area contributed by atoms with Crippen molar-refractivity contribution in [1.82, 2.24) is 19.9 Å². The highest BCUT2D eigenvalue weighted by atomic mass is 19.4. The second-order valence-electron chi connectivity index (χ2n) is 10.6. The summed E-state index contributed by atoms with van der Waals surface area (Å²) in [6.07, 6.45) is 4.60. The fraction of sp³-hybridized carbons (Fsp3) is 0.367. The van der Waals surface area contributed by atoms with Gasteiger partial charge in [0.1, 0.15) is 11.2 Å². The average molecular weight is 568 g/mol. The molecule has 2 aliphatic rings. The molecular weight excluding hydrogens is 535 g/mol. The van der Waals surface area contributed by atoms with E-state index in [4.69, 9.17) is 14.9 Å². The van der Waals surface area contributed by atoms with E-state index in [-0.39, 0.29) is 0 Å². The smallest absolute Gasteiger partial charge is 0.475 e. The summed E-state index contributed by atoms with van der Waals surface area (Å²) in [6, 6.07) is 19.2. The molecule has 1 saturated carbocycles. The van der Waals surface area contributed by atoms with Crippen LogP contribution in [0.4, 0.5) is 19.1 Å². The number of halogens is 3. The lowest BCUT2D eigenvalue weighted by Crippen LogP contribution is -2.30. The maximum Gasteiger partial charge on any atom is 0.490 e. The van der Waals surface area contributed by atoms with Crippen LogP contribution in [0.25, 0.3) is 22.2 Å². The third-order valence-electron chi connectivity index (χ3n) is 7.65. The van der Waals surface area contributed by atoms with Crippen molar-refractivity contribution in [2.24, 2.45) is 0 Å². The zero-order valence-corrected chi connectivity index (χ0v) is 22.4. The standard InChI is InChI=1S/C28H31N5O.C2HF3O2/c34-28(22-9-2-1-3-10-22)13-14-33(19-28)18-20-7-6-8-21(15-20)24-16-29-26-25(24)17-30-27(32-26)31-23-11-4-5-12-23;3-2(4,5)1(6)7/h1-3,6-10,15-17,23,34H,4-5,11-14,18-19H2,(H2,29,30,31,32);(H,6,7). The van der Waals surface area contributed by atoms with E-state index in [9.17, 15) is 18.3 Å². The number of benzene rings is 2. The van der Waals surface area contributed by atoms with Crippen LogP contribution < -0.4 is 5.32 Å². The van der Waals surface area contributed by atoms with Crippen LogP contribution in [-0.2, 0) is 16.9 Å². The van der Waals surface area contributed by atoms with Crippen LogP contribution in [0, 0.1) is 0 Å². The molecular formula is C30H32F3N5O3. The molecule has 0 amide bonds. The summed E-state index contributed by atoms with van der Waals surface area (Å²) < 4.78 is 31.7. The summed E-state index contributed by atoms with van der Waals surface area (Å²) in [4.78, 5) is 23.9. The van der Waals surface area contributed by atoms with E-state index in [0.29, 0.717) is 18.5 Å². The van der Waals surface area contributed by atoms with Crippen molar-refractivity contribution in [2.75, 3.05) is 18.4 Å². The van der Waals surface area contributed by atoms with Crippen LogP contribution in [0.3, 0.4) is 0 Å². The molecule has 0 spiro atoms. The topological polar surface area (TPSA) is 114 Å². The second-order valence-corrected chi connectivity index (χ2v) is 10.6. The highest BCUT2D eigenvalue weighted by Gasteiger charge is 2.38. The van der Waals surface area contributed by atoms with Gasteiger partial charge >= 0.3 is 12.1 Å². The Morgan fingerprint density at radius 1 is 1.12 bits per heavy atom. The average Bonchev–Trinajstić information content (AvgIpc) is 3.70. The lowest BCUT2D eigenvalue weighted by molar-refractivity contribution is -0.192. The lowest BCUT2D eigenvalue weighted by Gasteiger charge is -2.24. The number of aliphatic hydroxyl groups is 1. The monoisotopic (exact) mass is 567 g/mol. The number of hydrogen-bond donors (Lipinski definition) is 4. The molecule has 1 unspecified atom stereocenters. The van der Waals surface area contributed by atoms with Gasteiger partial charge in [-0.15, -0.1) is 0 Å². The molecule has 2 aromatic heterocycles. The van der Waals surface area contributed by atoms with Crippen LogP contribution in [0.5, 0.6) is 0 Å². The second kappa shape index (κ2) is 11.9. The number of likely N-dealkylation sites (tertiary alicyclic amines) is 1. The number of aromatic nitrogens is 3. The van der Waals surface area contributed by atoms with E-state index >= 15 is 0 Å². The predicted octanol–water partition coefficient (Wildman–Crippen LogP) is 5.71. The summed E-state index contributed by atoms with van der Waals surface area (Å²) in [7, 11) is 0. The molecule has 41 heavy (non-hydrogen) atoms. The molecule has 8 nitrogen and oxygen atoms in total. The number of rotatable bonds is 6. The Morgan fingerprint density at radius 2 is 1.85 bits per heavy atom. The first-order chi connectivity index (χ1) is 19.6. The molecule has 216 valence electrons. The minimum Gasteiger partial charge on any atom is -0.475 e. The Kier molecular flexibility index (Phi) is 8.27. The number of carboxylic acids is 1. The van der Waals surface area contributed by atoms with Gasteiger partial charge in [-0.3, -0.25) is 4.90 Å². The largest absolute Gasteiger partial charge is 0.490 e. The van der Waals surface area contributed by atoms with Gasteiger partial charge in [0.05, 0.1) is 0 Å². The fourth-order valence-electron chi connectivity index (χ4n) is 5.55. The normalized spacial score (nSPS) is 19.7. The summed E-state index contributed by atoms with van der Waals surface area (Å²) >= 11 is 0. The number of aliphatic carboxylic acids is 1. The third kappa shape index (κ3) is 6.86. The Bertz CT molecular complexity index is 1490. The summed E-state index contributed by atoms with van der Waals surface area (Å²) in [5.41, 5.74) is 4.62. The Hall–Kier alpha value is -3.96. The van der Waals surface area contributed by atoms with Crippen LogP contribution >= 0.6 is 0 Å². The number of anilines is 1. The lowest BCUT2D eigenvalue weighted by atomic mass is 9.93. The number of aromatic amines is 1. The molecule has 2 fully saturated rings. The van der Waals surface area contributed by atoms with Gasteiger partial charge in [-0.25, -0.2) is 9.78 Å². The van der Waals surface area contributed by atoms with Crippen LogP contribution in [-0.4, -0.2) is 61.3 Å². The molecule has 11 heteroatoms. The van der Waals surface area contributed by atoms with Gasteiger partial charge in [0.25, 0.3) is 0 Å². The van der Waals surface area contributed by atoms with Crippen molar-refractivity contribution < 1.29 is 28.2 Å². The molecule has 3 heterocycles. The Balaban J connectivity index is 0.000000431. The third-order valence-corrected chi connectivity index (χ3v) is 7.65. The first-order valence-electron chi connectivity index (χ1n) is 13.6. The van der Waals surface area contributed by atoms with Crippen LogP contribution in [0.15, 0.2) is 67.0 Å². The van der Waals surface area contributed by atoms with Gasteiger partial charge in [0.2, 0.25) is 5.95 Å². The number of carbonyl (C=O) groups is 1. The number of alkyl halides is 3. The number of nitrogens with zero attached hydrogens (tertiary/aromatic N) is 3. The number of nitrogens with one attached hydrogen (secondary N) is 2. The molecule has 1 aliphatic carbocycles. The molecule has 6 rings (SSSR count). The Labute approximate surface area is 235 Å². The van der Waals surface area contributed by atoms with Crippen molar-refractivity contribution in [1.29, 1.82) is 0 Å². The zero-order valence-electron chi connectivity index (χ0n) is 22.4. The van der Waals surface area contributed by atoms with Crippen molar-refractivity contribution >= 4 is 23.0 Å². The maximum absolute atomic E-state index is 11.2. The Morgan fingerprint density at radius 3 is 2.56 bits per heavy atom. The minimum absolute atomic E-state index is 0.494. The van der Waals surface area contributed by atoms with Gasteiger partial charge in [-0.1, -0.05) is 61.4 Å². The molecule has 4 aromatic rings. The highest BCUT2D eigenvalue weighted by Crippen LogP contribution is 2.34. The highest BCUT2D eigenvalue weighted by molar-refractivity contribution is 5.93. The fourth-order valence-corrected chi connectivity index (χ4v) is 5.55. The summed E-state index contributed by atoms with van der Waals surface area (Å²) in [6.45, 7) is 2.35. The van der Waals surface area contributed by atoms with Crippen molar-refractivity contribution in [3.8, 4) is 11.1 Å². The van der Waals surface area contributed by atoms with Gasteiger partial charge < -0.3 is 20.5 Å². The van der Waals surface area contributed by atoms with E-state index in [1.54, 1.807) is 0 Å². The van der Waals surface area contributed by atoms with Crippen molar-refractivity contribution in [3.63, 3.8) is 0 Å². The van der Waals surface area contributed by atoms with Crippen LogP contribution in [0.2, 0.25) is 0 Å². The van der Waals surface area contributed by atoms with Gasteiger partial charge in [-0.05, 0) is 42.0 Å². The number of hydrogen-bond acceptors (Lipinski definition) is 6. The molecule has 1 atom stereocenters. The van der Waals surface area contributed by atoms with Gasteiger partial charge in [0, 0.05) is 49.0 Å². The molecule has 1 aliphatic heterocycles. The molecule has 2 aromatic carbocycles. The number of fused-ring (bicyclic) bond motifs is 1. The van der Waals surface area contributed by atoms with Gasteiger partial charge in [-0.2, -0.15) is 18.2 Å². The van der Waals surface area contributed by atoms with Crippen molar-refractivity contribution in [3.05, 3.63) is 78.1 Å². The van der Waals surface area contributed by atoms with Crippen LogP contribution in [0.1, 0.15) is 43.2 Å². The maximum atomic E-state index is 11.2. The summed E-state index contributed by atoms with van der Waals surface area (Å²) in [5.74, 6) is -2.05. The number of β-amino-alcohol motifs (C(OH)–C–C–N with tert-alkyl or cyclic N) is 1. The van der Waals surface area contributed by atoms with E-state index in [1.807, 2.05) is 42.7 Å². The van der Waals surface area contributed by atoms with E-state index < -0.39 is 17.7 Å². The zero-order chi connectivity index (χ0) is 29.0. The van der Waals surface area contributed by atoms with E-state index in [0.717, 1.165) is 47.2 Å². The number of carboxylic acid groups (broad SMARTS) is 1.